The molecule has 13 heavy (non-hydrogen) atoms. The van der Waals surface area contributed by atoms with Crippen LogP contribution in [0.25, 0.3) is 0 Å². The Balaban J connectivity index is 2.41. The highest BCUT2D eigenvalue weighted by Crippen LogP contribution is 2.23. The van der Waals surface area contributed by atoms with Crippen molar-refractivity contribution < 1.29 is 9.53 Å². The summed E-state index contributed by atoms with van der Waals surface area (Å²) >= 11 is 0. The molecule has 0 amide bonds. The molecule has 0 aromatic carbocycles. The van der Waals surface area contributed by atoms with Crippen LogP contribution in [0.2, 0.25) is 0 Å². The van der Waals surface area contributed by atoms with Crippen LogP contribution in [0, 0.1) is 0 Å². The third-order valence-electron chi connectivity index (χ3n) is 1.78. The molecular formula is C9H13NO2S. The van der Waals surface area contributed by atoms with E-state index in [0.717, 1.165) is 11.1 Å². The molecule has 3 nitrogen and oxygen atoms in total. The molecule has 0 bridgehead atoms. The Morgan fingerprint density at radius 3 is 3.00 bits per heavy atom. The van der Waals surface area contributed by atoms with Gasteiger partial charge < -0.3 is 10.5 Å². The first kappa shape index (κ1) is 10.2. The van der Waals surface area contributed by atoms with Gasteiger partial charge in [0.05, 0.1) is 12.7 Å². The Morgan fingerprint density at radius 2 is 2.62 bits per heavy atom. The van der Waals surface area contributed by atoms with Crippen LogP contribution in [0.5, 0.6) is 0 Å². The average Bonchev–Trinajstić information content (AvgIpc) is 2.01. The number of carbonyl (C=O) groups excluding carboxylic acids is 1. The van der Waals surface area contributed by atoms with E-state index in [-0.39, 0.29) is 28.9 Å². The quantitative estimate of drug-likeness (QED) is 0.417. The largest absolute Gasteiger partial charge is 0.435 e. The number of nitrogens with two attached hydrogens (primary N) is 1. The molecule has 2 N–H and O–H groups in total. The van der Waals surface area contributed by atoms with Crippen LogP contribution in [0.4, 0.5) is 0 Å². The molecule has 0 aliphatic carbocycles. The van der Waals surface area contributed by atoms with Gasteiger partial charge in [0, 0.05) is 6.04 Å². The maximum atomic E-state index is 11.0. The summed E-state index contributed by atoms with van der Waals surface area (Å²) < 4.78 is 4.58. The Hall–Kier alpha value is -0.870. The van der Waals surface area contributed by atoms with E-state index in [9.17, 15) is 4.79 Å². The minimum absolute atomic E-state index is 0.147. The molecule has 0 spiro atoms. The Bertz CT molecular complexity index is 294. The Morgan fingerprint density at radius 1 is 1.92 bits per heavy atom. The van der Waals surface area contributed by atoms with Crippen molar-refractivity contribution in [2.75, 3.05) is 6.26 Å². The van der Waals surface area contributed by atoms with Crippen molar-refractivity contribution >= 4 is 21.3 Å². The van der Waals surface area contributed by atoms with Gasteiger partial charge in [-0.15, -0.1) is 0 Å². The first-order valence-electron chi connectivity index (χ1n) is 3.91. The topological polar surface area (TPSA) is 52.3 Å². The fourth-order valence-electron chi connectivity index (χ4n) is 1.07. The van der Waals surface area contributed by atoms with Crippen molar-refractivity contribution in [2.45, 2.75) is 12.5 Å². The lowest BCUT2D eigenvalue weighted by molar-refractivity contribution is -0.138. The Labute approximate surface area is 80.2 Å². The maximum absolute atomic E-state index is 11.0. The van der Waals surface area contributed by atoms with E-state index in [1.165, 1.54) is 0 Å². The molecule has 0 saturated carbocycles. The van der Waals surface area contributed by atoms with Crippen LogP contribution in [0.15, 0.2) is 24.3 Å². The summed E-state index contributed by atoms with van der Waals surface area (Å²) in [7, 11) is 0.147. The van der Waals surface area contributed by atoms with Gasteiger partial charge in [0.15, 0.2) is 0 Å². The summed E-state index contributed by atoms with van der Waals surface area (Å²) in [6.07, 6.45) is 5.40. The highest BCUT2D eigenvalue weighted by Gasteiger charge is 2.17. The van der Waals surface area contributed by atoms with Crippen LogP contribution in [-0.2, 0) is 9.53 Å². The van der Waals surface area contributed by atoms with Gasteiger partial charge in [0.1, 0.15) is 0 Å². The minimum atomic E-state index is -0.327. The van der Waals surface area contributed by atoms with Gasteiger partial charge in [-0.25, -0.2) is 0 Å². The summed E-state index contributed by atoms with van der Waals surface area (Å²) in [5.74, 6) is -0.327. The fraction of sp³-hybridized carbons (Fsp3) is 0.333. The van der Waals surface area contributed by atoms with Crippen LogP contribution in [-0.4, -0.2) is 23.1 Å². The molecule has 0 fully saturated rings. The summed E-state index contributed by atoms with van der Waals surface area (Å²) in [4.78, 5) is 12.1. The number of hydrogen-bond acceptors (Lipinski definition) is 3. The van der Waals surface area contributed by atoms with Gasteiger partial charge >= 0.3 is 5.97 Å². The number of hydrogen-bond donors (Lipinski definition) is 1. The molecule has 1 rings (SSSR count). The highest BCUT2D eigenvalue weighted by atomic mass is 32.2. The van der Waals surface area contributed by atoms with Gasteiger partial charge in [0.25, 0.3) is 0 Å². The zero-order chi connectivity index (χ0) is 9.84. The van der Waals surface area contributed by atoms with E-state index in [4.69, 9.17) is 5.73 Å². The third-order valence-corrected chi connectivity index (χ3v) is 3.50. The normalized spacial score (nSPS) is 22.0. The number of carbonyl (C=O) groups is 1. The van der Waals surface area contributed by atoms with Crippen LogP contribution in [0.1, 0.15) is 6.42 Å². The van der Waals surface area contributed by atoms with Crippen molar-refractivity contribution in [1.82, 2.24) is 0 Å². The molecule has 2 atom stereocenters. The lowest BCUT2D eigenvalue weighted by Crippen LogP contribution is -2.33. The minimum Gasteiger partial charge on any atom is -0.435 e. The first-order chi connectivity index (χ1) is 6.15. The smallest absolute Gasteiger partial charge is 0.312 e. The monoisotopic (exact) mass is 199 g/mol. The average molecular weight is 199 g/mol. The van der Waals surface area contributed by atoms with Gasteiger partial charge in [-0.05, 0) is 22.6 Å². The summed E-state index contributed by atoms with van der Waals surface area (Å²) in [6.45, 7) is 3.30. The molecule has 1 aliphatic heterocycles. The zero-order valence-corrected chi connectivity index (χ0v) is 8.34. The van der Waals surface area contributed by atoms with E-state index in [1.54, 1.807) is 0 Å². The SMILES string of the molecule is C=COC(=O)CC(N)C1=S(C)C=C1. The highest BCUT2D eigenvalue weighted by molar-refractivity contribution is 8.19. The van der Waals surface area contributed by atoms with E-state index < -0.39 is 0 Å². The van der Waals surface area contributed by atoms with Crippen LogP contribution < -0.4 is 5.73 Å². The summed E-state index contributed by atoms with van der Waals surface area (Å²) in [5.41, 5.74) is 5.78. The van der Waals surface area contributed by atoms with Gasteiger partial charge in [-0.3, -0.25) is 4.79 Å². The van der Waals surface area contributed by atoms with Crippen LogP contribution >= 0.6 is 10.5 Å². The van der Waals surface area contributed by atoms with E-state index >= 15 is 0 Å². The molecule has 1 heterocycles. The standard InChI is InChI=1S/C9H13NO2S/c1-3-12-9(11)6-7(10)8-4-5-13(8)2/h3-5,7H,1,6,10H2,2H3. The first-order valence-corrected chi connectivity index (χ1v) is 5.60. The molecule has 4 heteroatoms. The molecule has 0 saturated heterocycles. The molecule has 0 radical (unpaired) electrons. The van der Waals surface area contributed by atoms with Crippen LogP contribution in [0.3, 0.4) is 0 Å². The molecule has 72 valence electrons. The number of rotatable bonds is 4. The van der Waals surface area contributed by atoms with Crippen molar-refractivity contribution in [3.63, 3.8) is 0 Å². The van der Waals surface area contributed by atoms with Crippen molar-refractivity contribution in [3.05, 3.63) is 24.3 Å². The van der Waals surface area contributed by atoms with E-state index in [2.05, 4.69) is 23.0 Å². The molecule has 0 aromatic rings. The fourth-order valence-corrected chi connectivity index (χ4v) is 2.19. The van der Waals surface area contributed by atoms with Gasteiger partial charge in [-0.2, -0.15) is 10.5 Å². The second-order valence-corrected chi connectivity index (χ2v) is 4.59. The van der Waals surface area contributed by atoms with Gasteiger partial charge in [0.2, 0.25) is 0 Å². The van der Waals surface area contributed by atoms with E-state index in [1.807, 2.05) is 6.08 Å². The molecule has 0 aromatic heterocycles. The molecule has 1 aliphatic rings. The maximum Gasteiger partial charge on any atom is 0.312 e. The van der Waals surface area contributed by atoms with Crippen molar-refractivity contribution in [2.24, 2.45) is 5.73 Å². The second kappa shape index (κ2) is 4.39. The second-order valence-electron chi connectivity index (χ2n) is 2.73. The predicted molar refractivity (Wildman–Crippen MR) is 56.5 cm³/mol. The molecule has 2 unspecified atom stereocenters. The zero-order valence-electron chi connectivity index (χ0n) is 7.53. The predicted octanol–water partition coefficient (Wildman–Crippen LogP) is 0.989. The summed E-state index contributed by atoms with van der Waals surface area (Å²) in [5, 5.41) is 2.08. The number of ether oxygens (including phenoxy) is 1. The van der Waals surface area contributed by atoms with Gasteiger partial charge in [-0.1, -0.05) is 6.58 Å². The van der Waals surface area contributed by atoms with Crippen molar-refractivity contribution in [3.8, 4) is 0 Å². The third kappa shape index (κ3) is 2.54. The summed E-state index contributed by atoms with van der Waals surface area (Å²) in [6, 6.07) is -0.203. The lowest BCUT2D eigenvalue weighted by atomic mass is 10.1. The lowest BCUT2D eigenvalue weighted by Gasteiger charge is -2.19. The van der Waals surface area contributed by atoms with E-state index in [0.29, 0.717) is 0 Å². The molecular weight excluding hydrogens is 186 g/mol. The van der Waals surface area contributed by atoms with Crippen molar-refractivity contribution in [1.29, 1.82) is 0 Å². The number of esters is 1. The Kier molecular flexibility index (Phi) is 3.45.